The Morgan fingerprint density at radius 3 is 2.86 bits per heavy atom. The van der Waals surface area contributed by atoms with Crippen LogP contribution in [0.1, 0.15) is 16.7 Å². The molecule has 2 aromatic carbocycles. The Morgan fingerprint density at radius 2 is 1.96 bits per heavy atom. The minimum Gasteiger partial charge on any atom is -0.512 e. The number of nitrogens with one attached hydrogen (secondary N) is 1. The van der Waals surface area contributed by atoms with Crippen molar-refractivity contribution in [1.29, 1.82) is 0 Å². The number of aliphatic hydroxyl groups excluding tert-OH is 1. The molecule has 0 bridgehead atoms. The number of benzene rings is 2. The van der Waals surface area contributed by atoms with E-state index in [-0.39, 0.29) is 5.82 Å². The van der Waals surface area contributed by atoms with E-state index in [1.165, 1.54) is 12.1 Å². The van der Waals surface area contributed by atoms with Crippen molar-refractivity contribution in [2.45, 2.75) is 13.0 Å². The van der Waals surface area contributed by atoms with Crippen LogP contribution < -0.4 is 10.1 Å². The van der Waals surface area contributed by atoms with Gasteiger partial charge in [0.2, 0.25) is 0 Å². The zero-order valence-corrected chi connectivity index (χ0v) is 15.4. The highest BCUT2D eigenvalue weighted by atomic mass is 19.1. The Morgan fingerprint density at radius 1 is 1.07 bits per heavy atom. The molecule has 3 aromatic rings. The van der Waals surface area contributed by atoms with Gasteiger partial charge in [-0.1, -0.05) is 24.3 Å². The molecule has 0 aliphatic heterocycles. The van der Waals surface area contributed by atoms with Gasteiger partial charge in [-0.05, 0) is 47.0 Å². The van der Waals surface area contributed by atoms with E-state index in [0.29, 0.717) is 31.9 Å². The zero-order chi connectivity index (χ0) is 19.3. The van der Waals surface area contributed by atoms with E-state index in [1.807, 2.05) is 30.3 Å². The SMILES string of the molecule is OC1=Cc2c(cccc2OCCNCc2cncc(-c3cccc(F)c3)c2)C1. The van der Waals surface area contributed by atoms with Gasteiger partial charge in [-0.3, -0.25) is 4.98 Å². The van der Waals surface area contributed by atoms with E-state index < -0.39 is 0 Å². The van der Waals surface area contributed by atoms with Gasteiger partial charge in [0.05, 0.1) is 5.76 Å². The molecule has 0 saturated carbocycles. The van der Waals surface area contributed by atoms with Crippen LogP contribution in [-0.4, -0.2) is 23.2 Å². The lowest BCUT2D eigenvalue weighted by molar-refractivity contribution is 0.313. The maximum Gasteiger partial charge on any atom is 0.126 e. The van der Waals surface area contributed by atoms with Gasteiger partial charge in [0, 0.05) is 43.0 Å². The lowest BCUT2D eigenvalue weighted by Crippen LogP contribution is -2.20. The minimum atomic E-state index is -0.256. The third-order valence-corrected chi connectivity index (χ3v) is 4.66. The molecule has 1 heterocycles. The van der Waals surface area contributed by atoms with Crippen molar-refractivity contribution < 1.29 is 14.2 Å². The molecule has 1 aliphatic carbocycles. The fourth-order valence-electron chi connectivity index (χ4n) is 3.32. The molecule has 0 saturated heterocycles. The molecular weight excluding hydrogens is 355 g/mol. The predicted molar refractivity (Wildman–Crippen MR) is 108 cm³/mol. The maximum atomic E-state index is 13.4. The number of allylic oxidation sites excluding steroid dienone is 1. The fourth-order valence-corrected chi connectivity index (χ4v) is 3.32. The zero-order valence-electron chi connectivity index (χ0n) is 15.4. The van der Waals surface area contributed by atoms with Crippen molar-refractivity contribution in [3.05, 3.63) is 89.2 Å². The van der Waals surface area contributed by atoms with E-state index >= 15 is 0 Å². The molecule has 1 aliphatic rings. The van der Waals surface area contributed by atoms with Gasteiger partial charge in [-0.25, -0.2) is 4.39 Å². The molecule has 0 amide bonds. The number of hydrogen-bond acceptors (Lipinski definition) is 4. The third-order valence-electron chi connectivity index (χ3n) is 4.66. The summed E-state index contributed by atoms with van der Waals surface area (Å²) in [6.45, 7) is 1.83. The number of aliphatic hydroxyl groups is 1. The van der Waals surface area contributed by atoms with E-state index in [9.17, 15) is 9.50 Å². The quantitative estimate of drug-likeness (QED) is 0.596. The van der Waals surface area contributed by atoms with Gasteiger partial charge >= 0.3 is 0 Å². The molecule has 4 nitrogen and oxygen atoms in total. The number of pyridine rings is 1. The van der Waals surface area contributed by atoms with Crippen LogP contribution in [0.15, 0.2) is 66.7 Å². The van der Waals surface area contributed by atoms with E-state index in [4.69, 9.17) is 4.74 Å². The Kier molecular flexibility index (Phi) is 5.35. The van der Waals surface area contributed by atoms with Gasteiger partial charge in [-0.15, -0.1) is 0 Å². The molecule has 1 aromatic heterocycles. The maximum absolute atomic E-state index is 13.4. The Labute approximate surface area is 163 Å². The number of aromatic nitrogens is 1. The summed E-state index contributed by atoms with van der Waals surface area (Å²) in [5.41, 5.74) is 4.78. The Hall–Kier alpha value is -3.18. The minimum absolute atomic E-state index is 0.256. The second-order valence-corrected chi connectivity index (χ2v) is 6.76. The molecule has 0 atom stereocenters. The number of halogens is 1. The molecule has 142 valence electrons. The first-order chi connectivity index (χ1) is 13.7. The highest BCUT2D eigenvalue weighted by Crippen LogP contribution is 2.31. The summed E-state index contributed by atoms with van der Waals surface area (Å²) in [5, 5.41) is 13.0. The number of hydrogen-bond donors (Lipinski definition) is 2. The van der Waals surface area contributed by atoms with E-state index in [0.717, 1.165) is 33.6 Å². The van der Waals surface area contributed by atoms with Crippen LogP contribution in [0.3, 0.4) is 0 Å². The predicted octanol–water partition coefficient (Wildman–Crippen LogP) is 4.51. The van der Waals surface area contributed by atoms with Crippen molar-refractivity contribution in [3.63, 3.8) is 0 Å². The highest BCUT2D eigenvalue weighted by molar-refractivity contribution is 5.67. The number of ether oxygens (including phenoxy) is 1. The van der Waals surface area contributed by atoms with Crippen LogP contribution in [0.2, 0.25) is 0 Å². The van der Waals surface area contributed by atoms with Gasteiger partial charge in [0.25, 0.3) is 0 Å². The topological polar surface area (TPSA) is 54.4 Å². The highest BCUT2D eigenvalue weighted by Gasteiger charge is 2.15. The molecule has 4 rings (SSSR count). The van der Waals surface area contributed by atoms with E-state index in [1.54, 1.807) is 24.5 Å². The molecule has 2 N–H and O–H groups in total. The smallest absolute Gasteiger partial charge is 0.126 e. The van der Waals surface area contributed by atoms with Crippen molar-refractivity contribution in [3.8, 4) is 16.9 Å². The molecule has 0 spiro atoms. The Balaban J connectivity index is 1.30. The molecular formula is C23H21FN2O2. The monoisotopic (exact) mass is 376 g/mol. The molecule has 0 fully saturated rings. The average molecular weight is 376 g/mol. The Bertz CT molecular complexity index is 1020. The lowest BCUT2D eigenvalue weighted by atomic mass is 10.1. The standard InChI is InChI=1S/C23H21FN2O2/c24-20-5-1-3-17(10-20)19-9-16(14-26-15-19)13-25-7-8-28-23-6-2-4-18-11-21(27)12-22(18)23/h1-6,9-10,12,14-15,25,27H,7-8,11,13H2. The fraction of sp³-hybridized carbons (Fsp3) is 0.174. The van der Waals surface area contributed by atoms with Crippen molar-refractivity contribution in [2.24, 2.45) is 0 Å². The van der Waals surface area contributed by atoms with E-state index in [2.05, 4.69) is 10.3 Å². The first-order valence-corrected chi connectivity index (χ1v) is 9.24. The molecule has 0 radical (unpaired) electrons. The number of fused-ring (bicyclic) bond motifs is 1. The van der Waals surface area contributed by atoms with Crippen LogP contribution in [0.25, 0.3) is 17.2 Å². The summed E-state index contributed by atoms with van der Waals surface area (Å²) in [5.74, 6) is 0.904. The lowest BCUT2D eigenvalue weighted by Gasteiger charge is -2.11. The summed E-state index contributed by atoms with van der Waals surface area (Å²) < 4.78 is 19.3. The van der Waals surface area contributed by atoms with Gasteiger partial charge < -0.3 is 15.2 Å². The summed E-state index contributed by atoms with van der Waals surface area (Å²) in [6, 6.07) is 14.4. The van der Waals surface area contributed by atoms with Gasteiger partial charge in [0.1, 0.15) is 18.2 Å². The van der Waals surface area contributed by atoms with Gasteiger partial charge in [-0.2, -0.15) is 0 Å². The molecule has 0 unspecified atom stereocenters. The molecule has 28 heavy (non-hydrogen) atoms. The van der Waals surface area contributed by atoms with Crippen molar-refractivity contribution in [2.75, 3.05) is 13.2 Å². The summed E-state index contributed by atoms with van der Waals surface area (Å²) in [4.78, 5) is 4.26. The average Bonchev–Trinajstić information content (AvgIpc) is 3.09. The molecule has 5 heteroatoms. The second kappa shape index (κ2) is 8.23. The summed E-state index contributed by atoms with van der Waals surface area (Å²) >= 11 is 0. The third kappa shape index (κ3) is 4.21. The first kappa shape index (κ1) is 18.2. The number of nitrogens with zero attached hydrogens (tertiary/aromatic N) is 1. The van der Waals surface area contributed by atoms with Crippen LogP contribution >= 0.6 is 0 Å². The first-order valence-electron chi connectivity index (χ1n) is 9.24. The summed E-state index contributed by atoms with van der Waals surface area (Å²) in [6.07, 6.45) is 5.87. The van der Waals surface area contributed by atoms with Crippen LogP contribution in [-0.2, 0) is 13.0 Å². The van der Waals surface area contributed by atoms with Crippen molar-refractivity contribution >= 4 is 6.08 Å². The largest absolute Gasteiger partial charge is 0.512 e. The van der Waals surface area contributed by atoms with Crippen LogP contribution in [0, 0.1) is 5.82 Å². The number of rotatable bonds is 7. The summed E-state index contributed by atoms with van der Waals surface area (Å²) in [7, 11) is 0. The van der Waals surface area contributed by atoms with Crippen molar-refractivity contribution in [1.82, 2.24) is 10.3 Å². The van der Waals surface area contributed by atoms with Crippen LogP contribution in [0.4, 0.5) is 4.39 Å². The normalized spacial score (nSPS) is 12.5. The van der Waals surface area contributed by atoms with Gasteiger partial charge in [0.15, 0.2) is 0 Å². The second-order valence-electron chi connectivity index (χ2n) is 6.76. The van der Waals surface area contributed by atoms with Crippen LogP contribution in [0.5, 0.6) is 5.75 Å².